The molecule has 0 aliphatic rings. The van der Waals surface area contributed by atoms with Crippen LogP contribution < -0.4 is 15.6 Å². The number of amides is 1. The van der Waals surface area contributed by atoms with E-state index in [2.05, 4.69) is 19.2 Å². The Hall–Kier alpha value is -2.82. The van der Waals surface area contributed by atoms with Crippen LogP contribution >= 0.6 is 0 Å². The Balaban J connectivity index is 2.27. The highest BCUT2D eigenvalue weighted by atomic mass is 16.5. The second-order valence-electron chi connectivity index (χ2n) is 7.07. The standard InChI is InChI=1S/C24H32N2O3/c1-4-7-10-19(5-2)18-25-24(28)22(26-16-9-8-11-23(26)27)17-20-12-14-21(15-13-20)29-6-3/h8-9,11-17,19H,4-7,10,18H2,1-3H3,(H,25,28)/b22-17+/t19-/m1/s1. The van der Waals surface area contributed by atoms with Crippen molar-refractivity contribution < 1.29 is 9.53 Å². The Morgan fingerprint density at radius 3 is 2.52 bits per heavy atom. The van der Waals surface area contributed by atoms with E-state index in [1.807, 2.05) is 31.2 Å². The van der Waals surface area contributed by atoms with E-state index in [0.717, 1.165) is 37.0 Å². The Bertz CT molecular complexity index is 853. The van der Waals surface area contributed by atoms with Crippen LogP contribution in [0.25, 0.3) is 11.8 Å². The maximum Gasteiger partial charge on any atom is 0.268 e. The summed E-state index contributed by atoms with van der Waals surface area (Å²) >= 11 is 0. The van der Waals surface area contributed by atoms with Crippen LogP contribution in [0, 0.1) is 5.92 Å². The van der Waals surface area contributed by atoms with Crippen molar-refractivity contribution >= 4 is 17.7 Å². The van der Waals surface area contributed by atoms with Crippen molar-refractivity contribution in [3.8, 4) is 5.75 Å². The van der Waals surface area contributed by atoms with Gasteiger partial charge in [-0.1, -0.05) is 51.3 Å². The lowest BCUT2D eigenvalue weighted by molar-refractivity contribution is -0.116. The number of rotatable bonds is 11. The molecule has 0 saturated heterocycles. The lowest BCUT2D eigenvalue weighted by atomic mass is 9.99. The van der Waals surface area contributed by atoms with E-state index in [0.29, 0.717) is 24.8 Å². The smallest absolute Gasteiger partial charge is 0.268 e. The first kappa shape index (κ1) is 22.5. The molecule has 0 unspecified atom stereocenters. The quantitative estimate of drug-likeness (QED) is 0.566. The minimum Gasteiger partial charge on any atom is -0.494 e. The molecule has 0 spiro atoms. The van der Waals surface area contributed by atoms with Gasteiger partial charge >= 0.3 is 0 Å². The fraction of sp³-hybridized carbons (Fsp3) is 0.417. The van der Waals surface area contributed by atoms with E-state index < -0.39 is 0 Å². The average molecular weight is 397 g/mol. The van der Waals surface area contributed by atoms with Crippen LogP contribution in [-0.2, 0) is 4.79 Å². The lowest BCUT2D eigenvalue weighted by Gasteiger charge is -2.17. The fourth-order valence-electron chi connectivity index (χ4n) is 3.13. The van der Waals surface area contributed by atoms with Gasteiger partial charge in [-0.25, -0.2) is 0 Å². The van der Waals surface area contributed by atoms with Gasteiger partial charge in [-0.15, -0.1) is 0 Å². The first-order chi connectivity index (χ1) is 14.1. The molecule has 0 bridgehead atoms. The number of carbonyl (C=O) groups is 1. The van der Waals surface area contributed by atoms with Crippen LogP contribution in [0.3, 0.4) is 0 Å². The van der Waals surface area contributed by atoms with Gasteiger partial charge < -0.3 is 10.1 Å². The molecule has 1 aromatic heterocycles. The molecule has 0 fully saturated rings. The third-order valence-corrected chi connectivity index (χ3v) is 4.90. The van der Waals surface area contributed by atoms with Gasteiger partial charge in [0, 0.05) is 18.8 Å². The van der Waals surface area contributed by atoms with Gasteiger partial charge in [0.25, 0.3) is 11.5 Å². The van der Waals surface area contributed by atoms with Gasteiger partial charge in [-0.05, 0) is 49.1 Å². The Labute approximate surface area is 173 Å². The zero-order valence-corrected chi connectivity index (χ0v) is 17.7. The van der Waals surface area contributed by atoms with Gasteiger partial charge in [0.2, 0.25) is 0 Å². The Kier molecular flexibility index (Phi) is 9.22. The van der Waals surface area contributed by atoms with Crippen molar-refractivity contribution in [1.82, 2.24) is 9.88 Å². The van der Waals surface area contributed by atoms with Gasteiger partial charge in [-0.3, -0.25) is 14.2 Å². The molecule has 1 N–H and O–H groups in total. The molecule has 2 aromatic rings. The molecule has 1 atom stereocenters. The summed E-state index contributed by atoms with van der Waals surface area (Å²) in [6, 6.07) is 12.3. The topological polar surface area (TPSA) is 60.3 Å². The van der Waals surface area contributed by atoms with Gasteiger partial charge in [0.1, 0.15) is 11.4 Å². The molecule has 5 heteroatoms. The Morgan fingerprint density at radius 1 is 1.14 bits per heavy atom. The van der Waals surface area contributed by atoms with Crippen LogP contribution in [0.4, 0.5) is 0 Å². The van der Waals surface area contributed by atoms with E-state index >= 15 is 0 Å². The fourth-order valence-corrected chi connectivity index (χ4v) is 3.13. The molecule has 0 aliphatic heterocycles. The highest BCUT2D eigenvalue weighted by Gasteiger charge is 2.15. The molecule has 1 amide bonds. The molecule has 0 saturated carbocycles. The van der Waals surface area contributed by atoms with E-state index in [-0.39, 0.29) is 11.5 Å². The van der Waals surface area contributed by atoms with E-state index in [9.17, 15) is 9.59 Å². The summed E-state index contributed by atoms with van der Waals surface area (Å²) in [6.07, 6.45) is 7.77. The SMILES string of the molecule is CCCC[C@@H](CC)CNC(=O)/C(=C\c1ccc(OCC)cc1)n1ccccc1=O. The normalized spacial score (nSPS) is 12.4. The molecule has 0 aliphatic carbocycles. The zero-order chi connectivity index (χ0) is 21.1. The summed E-state index contributed by atoms with van der Waals surface area (Å²) in [7, 11) is 0. The Morgan fingerprint density at radius 2 is 1.90 bits per heavy atom. The monoisotopic (exact) mass is 396 g/mol. The first-order valence-corrected chi connectivity index (χ1v) is 10.5. The van der Waals surface area contributed by atoms with Crippen molar-refractivity contribution in [2.24, 2.45) is 5.92 Å². The average Bonchev–Trinajstić information content (AvgIpc) is 2.74. The number of nitrogens with zero attached hydrogens (tertiary/aromatic N) is 1. The summed E-state index contributed by atoms with van der Waals surface area (Å²) in [5.41, 5.74) is 0.898. The van der Waals surface area contributed by atoms with Crippen molar-refractivity contribution in [3.63, 3.8) is 0 Å². The number of nitrogens with one attached hydrogen (secondary N) is 1. The molecular weight excluding hydrogens is 364 g/mol. The highest BCUT2D eigenvalue weighted by molar-refractivity contribution is 6.18. The minimum atomic E-state index is -0.248. The van der Waals surface area contributed by atoms with Crippen LogP contribution in [0.5, 0.6) is 5.75 Å². The van der Waals surface area contributed by atoms with Crippen LogP contribution in [-0.4, -0.2) is 23.6 Å². The summed E-state index contributed by atoms with van der Waals surface area (Å²) in [5, 5.41) is 3.03. The second-order valence-corrected chi connectivity index (χ2v) is 7.07. The largest absolute Gasteiger partial charge is 0.494 e. The summed E-state index contributed by atoms with van der Waals surface area (Å²) in [6.45, 7) is 7.45. The second kappa shape index (κ2) is 11.9. The number of carbonyl (C=O) groups excluding carboxylic acids is 1. The molecule has 0 radical (unpaired) electrons. The van der Waals surface area contributed by atoms with E-state index in [4.69, 9.17) is 4.74 Å². The maximum atomic E-state index is 13.0. The lowest BCUT2D eigenvalue weighted by Crippen LogP contribution is -2.33. The number of benzene rings is 1. The summed E-state index contributed by atoms with van der Waals surface area (Å²) in [4.78, 5) is 25.4. The van der Waals surface area contributed by atoms with Gasteiger partial charge in [0.15, 0.2) is 0 Å². The van der Waals surface area contributed by atoms with E-state index in [1.54, 1.807) is 24.4 Å². The van der Waals surface area contributed by atoms with Crippen LogP contribution in [0.1, 0.15) is 52.0 Å². The number of pyridine rings is 1. The molecule has 29 heavy (non-hydrogen) atoms. The van der Waals surface area contributed by atoms with Crippen molar-refractivity contribution in [3.05, 3.63) is 64.6 Å². The third kappa shape index (κ3) is 6.93. The molecule has 156 valence electrons. The summed E-state index contributed by atoms with van der Waals surface area (Å²) in [5.74, 6) is 0.967. The molecular formula is C24H32N2O3. The van der Waals surface area contributed by atoms with Gasteiger partial charge in [0.05, 0.1) is 6.61 Å². The highest BCUT2D eigenvalue weighted by Crippen LogP contribution is 2.17. The van der Waals surface area contributed by atoms with Crippen molar-refractivity contribution in [2.45, 2.75) is 46.5 Å². The molecule has 1 heterocycles. The third-order valence-electron chi connectivity index (χ3n) is 4.90. The van der Waals surface area contributed by atoms with Crippen LogP contribution in [0.15, 0.2) is 53.5 Å². The number of ether oxygens (including phenoxy) is 1. The van der Waals surface area contributed by atoms with E-state index in [1.165, 1.54) is 10.6 Å². The van der Waals surface area contributed by atoms with Crippen molar-refractivity contribution in [1.29, 1.82) is 0 Å². The molecule has 1 aromatic carbocycles. The van der Waals surface area contributed by atoms with Gasteiger partial charge in [-0.2, -0.15) is 0 Å². The first-order valence-electron chi connectivity index (χ1n) is 10.5. The minimum absolute atomic E-state index is 0.238. The van der Waals surface area contributed by atoms with Crippen LogP contribution in [0.2, 0.25) is 0 Å². The molecule has 5 nitrogen and oxygen atoms in total. The molecule has 2 rings (SSSR count). The predicted octanol–water partition coefficient (Wildman–Crippen LogP) is 4.58. The maximum absolute atomic E-state index is 13.0. The predicted molar refractivity (Wildman–Crippen MR) is 119 cm³/mol. The number of aromatic nitrogens is 1. The number of hydrogen-bond acceptors (Lipinski definition) is 3. The summed E-state index contributed by atoms with van der Waals surface area (Å²) < 4.78 is 6.86. The number of unbranched alkanes of at least 4 members (excludes halogenated alkanes) is 1. The zero-order valence-electron chi connectivity index (χ0n) is 17.7. The van der Waals surface area contributed by atoms with Crippen molar-refractivity contribution in [2.75, 3.05) is 13.2 Å². The number of hydrogen-bond donors (Lipinski definition) is 1.